The molecule has 2 aliphatic rings. The summed E-state index contributed by atoms with van der Waals surface area (Å²) in [6.45, 7) is 12.4. The van der Waals surface area contributed by atoms with Gasteiger partial charge in [-0.15, -0.1) is 0 Å². The third kappa shape index (κ3) is 3.23. The van der Waals surface area contributed by atoms with Gasteiger partial charge in [-0.3, -0.25) is 9.80 Å². The monoisotopic (exact) mass is 238 g/mol. The zero-order valence-electron chi connectivity index (χ0n) is 12.0. The van der Waals surface area contributed by atoms with Crippen LogP contribution in [0.3, 0.4) is 0 Å². The molecule has 2 unspecified atom stereocenters. The summed E-state index contributed by atoms with van der Waals surface area (Å²) >= 11 is 0. The van der Waals surface area contributed by atoms with Crippen molar-refractivity contribution in [1.29, 1.82) is 0 Å². The van der Waals surface area contributed by atoms with Gasteiger partial charge in [0.1, 0.15) is 0 Å². The first kappa shape index (κ1) is 13.4. The molecular formula is C15H30N2. The predicted octanol–water partition coefficient (Wildman–Crippen LogP) is 2.98. The second kappa shape index (κ2) is 6.19. The van der Waals surface area contributed by atoms with E-state index in [0.717, 1.165) is 18.0 Å². The molecule has 2 fully saturated rings. The molecule has 0 saturated carbocycles. The van der Waals surface area contributed by atoms with E-state index in [0.29, 0.717) is 0 Å². The minimum absolute atomic E-state index is 0.801. The number of fused-ring (bicyclic) bond motifs is 1. The summed E-state index contributed by atoms with van der Waals surface area (Å²) in [5, 5.41) is 0. The topological polar surface area (TPSA) is 6.48 Å². The highest BCUT2D eigenvalue weighted by molar-refractivity contribution is 4.91. The Morgan fingerprint density at radius 1 is 1.18 bits per heavy atom. The number of unbranched alkanes of at least 4 members (excludes halogenated alkanes) is 1. The summed E-state index contributed by atoms with van der Waals surface area (Å²) in [7, 11) is 0. The van der Waals surface area contributed by atoms with Crippen LogP contribution in [-0.4, -0.2) is 48.1 Å². The van der Waals surface area contributed by atoms with Crippen molar-refractivity contribution in [2.75, 3.05) is 26.2 Å². The van der Waals surface area contributed by atoms with Crippen LogP contribution >= 0.6 is 0 Å². The Kier molecular flexibility index (Phi) is 4.87. The van der Waals surface area contributed by atoms with Crippen molar-refractivity contribution in [3.05, 3.63) is 0 Å². The zero-order chi connectivity index (χ0) is 12.3. The smallest absolute Gasteiger partial charge is 0.0246 e. The van der Waals surface area contributed by atoms with Crippen molar-refractivity contribution in [2.24, 2.45) is 5.92 Å². The number of piperidine rings is 1. The first-order valence-electron chi connectivity index (χ1n) is 7.70. The molecule has 0 aliphatic carbocycles. The van der Waals surface area contributed by atoms with Gasteiger partial charge in [-0.2, -0.15) is 0 Å². The third-order valence-corrected chi connectivity index (χ3v) is 4.65. The molecule has 0 aromatic carbocycles. The van der Waals surface area contributed by atoms with Crippen LogP contribution in [0.5, 0.6) is 0 Å². The highest BCUT2D eigenvalue weighted by Gasteiger charge is 2.35. The molecule has 2 nitrogen and oxygen atoms in total. The number of hydrogen-bond acceptors (Lipinski definition) is 2. The second-order valence-electron chi connectivity index (χ2n) is 6.30. The maximum atomic E-state index is 2.79. The lowest BCUT2D eigenvalue weighted by molar-refractivity contribution is -0.00786. The fourth-order valence-corrected chi connectivity index (χ4v) is 3.52. The molecule has 0 radical (unpaired) electrons. The van der Waals surface area contributed by atoms with Gasteiger partial charge in [0.05, 0.1) is 0 Å². The summed E-state index contributed by atoms with van der Waals surface area (Å²) in [6, 6.07) is 1.67. The van der Waals surface area contributed by atoms with Crippen LogP contribution in [-0.2, 0) is 0 Å². The Bertz CT molecular complexity index is 227. The van der Waals surface area contributed by atoms with Crippen molar-refractivity contribution >= 4 is 0 Å². The zero-order valence-corrected chi connectivity index (χ0v) is 12.0. The highest BCUT2D eigenvalue weighted by Crippen LogP contribution is 2.27. The molecular weight excluding hydrogens is 208 g/mol. The predicted molar refractivity (Wildman–Crippen MR) is 74.3 cm³/mol. The Labute approximate surface area is 107 Å². The molecule has 2 aliphatic heterocycles. The van der Waals surface area contributed by atoms with Crippen LogP contribution < -0.4 is 0 Å². The van der Waals surface area contributed by atoms with Gasteiger partial charge in [-0.05, 0) is 38.3 Å². The van der Waals surface area contributed by atoms with E-state index in [1.165, 1.54) is 58.3 Å². The van der Waals surface area contributed by atoms with Gasteiger partial charge in [0.15, 0.2) is 0 Å². The van der Waals surface area contributed by atoms with Crippen LogP contribution in [0.1, 0.15) is 52.9 Å². The Hall–Kier alpha value is -0.0800. The minimum Gasteiger partial charge on any atom is -0.298 e. The molecule has 2 rings (SSSR count). The maximum Gasteiger partial charge on any atom is 0.0246 e. The summed E-state index contributed by atoms with van der Waals surface area (Å²) in [6.07, 6.45) is 7.02. The van der Waals surface area contributed by atoms with E-state index in [2.05, 4.69) is 30.6 Å². The van der Waals surface area contributed by atoms with Crippen LogP contribution in [0.25, 0.3) is 0 Å². The molecule has 17 heavy (non-hydrogen) atoms. The van der Waals surface area contributed by atoms with Crippen molar-refractivity contribution in [2.45, 2.75) is 65.0 Å². The molecule has 0 amide bonds. The molecule has 0 aromatic heterocycles. The van der Waals surface area contributed by atoms with Crippen molar-refractivity contribution in [1.82, 2.24) is 9.80 Å². The lowest BCUT2D eigenvalue weighted by Crippen LogP contribution is -2.61. The SMILES string of the molecule is CCCCN1CC2CCCCN2CC1C(C)C. The lowest BCUT2D eigenvalue weighted by atomic mass is 9.92. The molecule has 2 saturated heterocycles. The lowest BCUT2D eigenvalue weighted by Gasteiger charge is -2.50. The van der Waals surface area contributed by atoms with Gasteiger partial charge in [0.2, 0.25) is 0 Å². The van der Waals surface area contributed by atoms with Gasteiger partial charge in [-0.1, -0.05) is 33.6 Å². The van der Waals surface area contributed by atoms with Crippen LogP contribution in [0.4, 0.5) is 0 Å². The number of rotatable bonds is 4. The van der Waals surface area contributed by atoms with E-state index in [4.69, 9.17) is 0 Å². The largest absolute Gasteiger partial charge is 0.298 e. The fourth-order valence-electron chi connectivity index (χ4n) is 3.52. The molecule has 0 spiro atoms. The average molecular weight is 238 g/mol. The maximum absolute atomic E-state index is 2.79. The standard InChI is InChI=1S/C15H30N2/c1-4-5-9-17-11-14-8-6-7-10-16(14)12-15(17)13(2)3/h13-15H,4-12H2,1-3H3. The van der Waals surface area contributed by atoms with E-state index in [-0.39, 0.29) is 0 Å². The minimum atomic E-state index is 0.801. The Balaban J connectivity index is 1.97. The van der Waals surface area contributed by atoms with Gasteiger partial charge in [0.25, 0.3) is 0 Å². The van der Waals surface area contributed by atoms with Crippen LogP contribution in [0.2, 0.25) is 0 Å². The highest BCUT2D eigenvalue weighted by atomic mass is 15.3. The summed E-state index contributed by atoms with van der Waals surface area (Å²) in [5.74, 6) is 0.801. The first-order chi connectivity index (χ1) is 8.22. The van der Waals surface area contributed by atoms with Gasteiger partial charge in [-0.25, -0.2) is 0 Å². The summed E-state index contributed by atoms with van der Waals surface area (Å²) in [4.78, 5) is 5.57. The van der Waals surface area contributed by atoms with E-state index in [1.54, 1.807) is 0 Å². The molecule has 0 bridgehead atoms. The number of hydrogen-bond donors (Lipinski definition) is 0. The Morgan fingerprint density at radius 2 is 2.00 bits per heavy atom. The molecule has 2 heterocycles. The van der Waals surface area contributed by atoms with E-state index in [9.17, 15) is 0 Å². The molecule has 2 heteroatoms. The number of piperazine rings is 1. The summed E-state index contributed by atoms with van der Waals surface area (Å²) in [5.41, 5.74) is 0. The average Bonchev–Trinajstić information content (AvgIpc) is 2.35. The van der Waals surface area contributed by atoms with Crippen LogP contribution in [0.15, 0.2) is 0 Å². The van der Waals surface area contributed by atoms with E-state index >= 15 is 0 Å². The van der Waals surface area contributed by atoms with E-state index in [1.807, 2.05) is 0 Å². The third-order valence-electron chi connectivity index (χ3n) is 4.65. The Morgan fingerprint density at radius 3 is 2.71 bits per heavy atom. The van der Waals surface area contributed by atoms with Gasteiger partial charge in [0, 0.05) is 25.2 Å². The fraction of sp³-hybridized carbons (Fsp3) is 1.00. The van der Waals surface area contributed by atoms with Crippen molar-refractivity contribution in [3.8, 4) is 0 Å². The molecule has 2 atom stereocenters. The van der Waals surface area contributed by atoms with E-state index < -0.39 is 0 Å². The van der Waals surface area contributed by atoms with Crippen molar-refractivity contribution < 1.29 is 0 Å². The quantitative estimate of drug-likeness (QED) is 0.743. The summed E-state index contributed by atoms with van der Waals surface area (Å²) < 4.78 is 0. The van der Waals surface area contributed by atoms with Crippen molar-refractivity contribution in [3.63, 3.8) is 0 Å². The normalized spacial score (nSPS) is 31.8. The van der Waals surface area contributed by atoms with Gasteiger partial charge < -0.3 is 0 Å². The van der Waals surface area contributed by atoms with Crippen LogP contribution in [0, 0.1) is 5.92 Å². The van der Waals surface area contributed by atoms with Gasteiger partial charge >= 0.3 is 0 Å². The number of nitrogens with zero attached hydrogens (tertiary/aromatic N) is 2. The molecule has 0 aromatic rings. The molecule has 100 valence electrons. The molecule has 0 N–H and O–H groups in total. The first-order valence-corrected chi connectivity index (χ1v) is 7.70. The second-order valence-corrected chi connectivity index (χ2v) is 6.30.